The van der Waals surface area contributed by atoms with E-state index in [1.54, 1.807) is 6.07 Å². The molecule has 4 fully saturated rings. The second-order valence-electron chi connectivity index (χ2n) is 8.87. The zero-order valence-corrected chi connectivity index (χ0v) is 16.3. The summed E-state index contributed by atoms with van der Waals surface area (Å²) in [5.74, 6) is 0.0627. The number of nitrogens with zero attached hydrogens (tertiary/aromatic N) is 1. The van der Waals surface area contributed by atoms with Crippen molar-refractivity contribution >= 4 is 29.2 Å². The molecule has 0 aromatic heterocycles. The number of carbonyl (C=O) groups excluding carboxylic acids is 2. The van der Waals surface area contributed by atoms with Gasteiger partial charge in [0.2, 0.25) is 0 Å². The number of carbonyl (C=O) groups is 2. The van der Waals surface area contributed by atoms with Crippen LogP contribution in [-0.4, -0.2) is 29.2 Å². The number of benzene rings is 1. The van der Waals surface area contributed by atoms with Gasteiger partial charge in [-0.3, -0.25) is 9.59 Å². The normalized spacial score (nSPS) is 32.6. The van der Waals surface area contributed by atoms with Crippen molar-refractivity contribution in [3.63, 3.8) is 0 Å². The minimum Gasteiger partial charge on any atom is -0.456 e. The maximum Gasteiger partial charge on any atom is 0.306 e. The molecule has 1 amide bonds. The van der Waals surface area contributed by atoms with Crippen molar-refractivity contribution in [2.75, 3.05) is 11.9 Å². The molecule has 1 aromatic carbocycles. The first kappa shape index (κ1) is 19.2. The van der Waals surface area contributed by atoms with Crippen molar-refractivity contribution in [2.45, 2.75) is 50.5 Å². The Labute approximate surface area is 168 Å². The summed E-state index contributed by atoms with van der Waals surface area (Å²) in [7, 11) is 0. The van der Waals surface area contributed by atoms with Crippen LogP contribution in [-0.2, 0) is 14.3 Å². The van der Waals surface area contributed by atoms with Gasteiger partial charge in [-0.15, -0.1) is 0 Å². The number of halogens is 1. The Kier molecular flexibility index (Phi) is 4.84. The number of hydrogen-bond donors (Lipinski definition) is 2. The van der Waals surface area contributed by atoms with Gasteiger partial charge in [0.15, 0.2) is 6.61 Å². The highest BCUT2D eigenvalue weighted by molar-refractivity contribution is 6.31. The molecular formula is C21H23ClN2O4. The molecule has 2 unspecified atom stereocenters. The standard InChI is InChI=1S/C21H23ClN2O4/c22-16-2-1-15(10-23)17(4-16)24-18(25)11-28-19(26)9-20-5-13-3-14(6-20)8-21(27,7-13)12-20/h1-2,4,13-14,27H,3,5-9,11-12H2,(H,24,25)/t13-,14+,20?,21?. The van der Waals surface area contributed by atoms with Gasteiger partial charge in [0.25, 0.3) is 5.91 Å². The molecule has 4 aliphatic rings. The van der Waals surface area contributed by atoms with Crippen LogP contribution in [0.4, 0.5) is 5.69 Å². The van der Waals surface area contributed by atoms with Crippen LogP contribution in [0.2, 0.25) is 5.02 Å². The van der Waals surface area contributed by atoms with E-state index in [1.807, 2.05) is 6.07 Å². The quantitative estimate of drug-likeness (QED) is 0.735. The average Bonchev–Trinajstić information content (AvgIpc) is 2.57. The van der Waals surface area contributed by atoms with E-state index < -0.39 is 24.1 Å². The first-order valence-electron chi connectivity index (χ1n) is 9.66. The van der Waals surface area contributed by atoms with Crippen molar-refractivity contribution in [1.82, 2.24) is 0 Å². The van der Waals surface area contributed by atoms with Crippen LogP contribution in [0.3, 0.4) is 0 Å². The molecule has 28 heavy (non-hydrogen) atoms. The second-order valence-corrected chi connectivity index (χ2v) is 9.31. The van der Waals surface area contributed by atoms with E-state index in [0.717, 1.165) is 32.1 Å². The van der Waals surface area contributed by atoms with Crippen molar-refractivity contribution in [2.24, 2.45) is 17.3 Å². The molecule has 4 aliphatic carbocycles. The van der Waals surface area contributed by atoms with Gasteiger partial charge in [-0.05, 0) is 74.0 Å². The summed E-state index contributed by atoms with van der Waals surface area (Å²) in [6, 6.07) is 6.54. The van der Waals surface area contributed by atoms with Crippen molar-refractivity contribution in [3.8, 4) is 6.07 Å². The van der Waals surface area contributed by atoms with E-state index in [9.17, 15) is 14.7 Å². The second kappa shape index (κ2) is 7.06. The molecule has 0 heterocycles. The van der Waals surface area contributed by atoms with Crippen molar-refractivity contribution in [1.29, 1.82) is 5.26 Å². The Morgan fingerprint density at radius 1 is 1.29 bits per heavy atom. The topological polar surface area (TPSA) is 99.4 Å². The van der Waals surface area contributed by atoms with E-state index in [1.165, 1.54) is 12.1 Å². The number of esters is 1. The summed E-state index contributed by atoms with van der Waals surface area (Å²) in [6.45, 7) is -0.413. The van der Waals surface area contributed by atoms with Crippen LogP contribution in [0.15, 0.2) is 18.2 Å². The van der Waals surface area contributed by atoms with E-state index in [4.69, 9.17) is 21.6 Å². The van der Waals surface area contributed by atoms with Crippen molar-refractivity contribution < 1.29 is 19.4 Å². The van der Waals surface area contributed by atoms with Gasteiger partial charge in [0.05, 0.1) is 23.3 Å². The lowest BCUT2D eigenvalue weighted by Crippen LogP contribution is -2.56. The van der Waals surface area contributed by atoms with E-state index in [-0.39, 0.29) is 17.4 Å². The van der Waals surface area contributed by atoms with Gasteiger partial charge < -0.3 is 15.2 Å². The summed E-state index contributed by atoms with van der Waals surface area (Å²) in [5, 5.41) is 22.8. The zero-order valence-electron chi connectivity index (χ0n) is 15.5. The molecule has 2 N–H and O–H groups in total. The highest BCUT2D eigenvalue weighted by atomic mass is 35.5. The predicted octanol–water partition coefficient (Wildman–Crippen LogP) is 3.41. The third kappa shape index (κ3) is 3.87. The Morgan fingerprint density at radius 2 is 2.00 bits per heavy atom. The van der Waals surface area contributed by atoms with Crippen LogP contribution in [0, 0.1) is 28.6 Å². The maximum atomic E-state index is 12.4. The predicted molar refractivity (Wildman–Crippen MR) is 102 cm³/mol. The van der Waals surface area contributed by atoms with Gasteiger partial charge in [-0.2, -0.15) is 5.26 Å². The lowest BCUT2D eigenvalue weighted by atomic mass is 9.47. The Bertz CT molecular complexity index is 848. The highest BCUT2D eigenvalue weighted by Gasteiger charge is 2.57. The summed E-state index contributed by atoms with van der Waals surface area (Å²) < 4.78 is 5.20. The van der Waals surface area contributed by atoms with Crippen LogP contribution >= 0.6 is 11.6 Å². The summed E-state index contributed by atoms with van der Waals surface area (Å²) >= 11 is 5.90. The Morgan fingerprint density at radius 3 is 2.64 bits per heavy atom. The number of hydrogen-bond acceptors (Lipinski definition) is 5. The third-order valence-electron chi connectivity index (χ3n) is 6.41. The molecule has 0 radical (unpaired) electrons. The van der Waals surface area contributed by atoms with Gasteiger partial charge in [-0.25, -0.2) is 0 Å². The van der Waals surface area contributed by atoms with Gasteiger partial charge in [0.1, 0.15) is 6.07 Å². The highest BCUT2D eigenvalue weighted by Crippen LogP contribution is 2.62. The maximum absolute atomic E-state index is 12.4. The number of rotatable bonds is 5. The van der Waals surface area contributed by atoms with E-state index in [0.29, 0.717) is 29.0 Å². The Hall–Kier alpha value is -2.10. The SMILES string of the molecule is N#Cc1ccc(Cl)cc1NC(=O)COC(=O)CC12C[C@@H]3C[C@@H](CC(O)(C3)C1)C2. The molecule has 4 bridgehead atoms. The summed E-state index contributed by atoms with van der Waals surface area (Å²) in [6.07, 6.45) is 5.68. The Balaban J connectivity index is 1.32. The van der Waals surface area contributed by atoms with Gasteiger partial charge in [0, 0.05) is 5.02 Å². The van der Waals surface area contributed by atoms with Crippen LogP contribution in [0.25, 0.3) is 0 Å². The van der Waals surface area contributed by atoms with Crippen LogP contribution < -0.4 is 5.32 Å². The molecule has 7 heteroatoms. The molecule has 4 atom stereocenters. The zero-order chi connectivity index (χ0) is 19.9. The van der Waals surface area contributed by atoms with E-state index >= 15 is 0 Å². The molecule has 148 valence electrons. The first-order chi connectivity index (χ1) is 13.3. The number of nitrogens with one attached hydrogen (secondary N) is 1. The van der Waals surface area contributed by atoms with Crippen LogP contribution in [0.5, 0.6) is 0 Å². The van der Waals surface area contributed by atoms with Gasteiger partial charge >= 0.3 is 5.97 Å². The number of nitriles is 1. The molecule has 4 saturated carbocycles. The molecular weight excluding hydrogens is 380 g/mol. The lowest BCUT2D eigenvalue weighted by molar-refractivity contribution is -0.177. The first-order valence-corrected chi connectivity index (χ1v) is 10.0. The number of amides is 1. The molecule has 1 aromatic rings. The van der Waals surface area contributed by atoms with E-state index in [2.05, 4.69) is 5.32 Å². The minimum absolute atomic E-state index is 0.187. The molecule has 5 rings (SSSR count). The summed E-state index contributed by atoms with van der Waals surface area (Å²) in [4.78, 5) is 24.5. The number of anilines is 1. The monoisotopic (exact) mass is 402 g/mol. The number of ether oxygens (including phenoxy) is 1. The number of aliphatic hydroxyl groups is 1. The molecule has 0 aliphatic heterocycles. The minimum atomic E-state index is -0.623. The fourth-order valence-electron chi connectivity index (χ4n) is 6.02. The van der Waals surface area contributed by atoms with Gasteiger partial charge in [-0.1, -0.05) is 11.6 Å². The third-order valence-corrected chi connectivity index (χ3v) is 6.65. The van der Waals surface area contributed by atoms with Crippen LogP contribution in [0.1, 0.15) is 50.5 Å². The fraction of sp³-hybridized carbons (Fsp3) is 0.571. The summed E-state index contributed by atoms with van der Waals surface area (Å²) in [5.41, 5.74) is -0.236. The molecule has 6 nitrogen and oxygen atoms in total. The lowest BCUT2D eigenvalue weighted by Gasteiger charge is -2.60. The largest absolute Gasteiger partial charge is 0.456 e. The fourth-order valence-corrected chi connectivity index (χ4v) is 6.19. The van der Waals surface area contributed by atoms with Crippen molar-refractivity contribution in [3.05, 3.63) is 28.8 Å². The average molecular weight is 403 g/mol. The smallest absolute Gasteiger partial charge is 0.306 e. The molecule has 0 saturated heterocycles. The molecule has 0 spiro atoms.